The molecule has 1 fully saturated rings. The number of allylic oxidation sites excluding steroid dienone is 5. The zero-order valence-corrected chi connectivity index (χ0v) is 13.5. The maximum Gasteiger partial charge on any atom is 0.241 e. The first-order valence-corrected chi connectivity index (χ1v) is 7.89. The fraction of sp³-hybridized carbons (Fsp3) is 0.500. The lowest BCUT2D eigenvalue weighted by Crippen LogP contribution is -2.42. The summed E-state index contributed by atoms with van der Waals surface area (Å²) < 4.78 is 0. The Hall–Kier alpha value is -2.28. The van der Waals surface area contributed by atoms with Gasteiger partial charge in [-0.15, -0.1) is 10.2 Å². The summed E-state index contributed by atoms with van der Waals surface area (Å²) in [5, 5.41) is 15.9. The summed E-state index contributed by atoms with van der Waals surface area (Å²) in [5.74, 6) is 0.134. The van der Waals surface area contributed by atoms with Crippen LogP contribution in [0.2, 0.25) is 0 Å². The quantitative estimate of drug-likeness (QED) is 0.727. The predicted octanol–water partition coefficient (Wildman–Crippen LogP) is 0.858. The second kappa shape index (κ2) is 7.82. The second-order valence-electron chi connectivity index (χ2n) is 5.60. The van der Waals surface area contributed by atoms with E-state index < -0.39 is 5.91 Å². The highest BCUT2D eigenvalue weighted by Gasteiger charge is 2.40. The van der Waals surface area contributed by atoms with Gasteiger partial charge < -0.3 is 11.1 Å². The van der Waals surface area contributed by atoms with E-state index >= 15 is 0 Å². The summed E-state index contributed by atoms with van der Waals surface area (Å²) in [6.07, 6.45) is 10.7. The van der Waals surface area contributed by atoms with Crippen LogP contribution in [0.25, 0.3) is 0 Å². The molecular weight excluding hydrogens is 292 g/mol. The Morgan fingerprint density at radius 2 is 2.22 bits per heavy atom. The predicted molar refractivity (Wildman–Crippen MR) is 88.5 cm³/mol. The van der Waals surface area contributed by atoms with Crippen LogP contribution in [0.3, 0.4) is 0 Å². The molecule has 0 atom stereocenters. The SMILES string of the molecule is C=C/C(=C\C=C/CC)C1(c2nnn(CC(N)=O)n2)CCNCC1. The van der Waals surface area contributed by atoms with Gasteiger partial charge in [-0.3, -0.25) is 4.79 Å². The Bertz CT molecular complexity index is 610. The van der Waals surface area contributed by atoms with Crippen molar-refractivity contribution >= 4 is 5.91 Å². The van der Waals surface area contributed by atoms with Gasteiger partial charge in [-0.1, -0.05) is 37.8 Å². The molecule has 1 aromatic rings. The summed E-state index contributed by atoms with van der Waals surface area (Å²) >= 11 is 0. The lowest BCUT2D eigenvalue weighted by Gasteiger charge is -2.36. The smallest absolute Gasteiger partial charge is 0.241 e. The Kier molecular flexibility index (Phi) is 5.81. The highest BCUT2D eigenvalue weighted by molar-refractivity contribution is 5.73. The van der Waals surface area contributed by atoms with Crippen LogP contribution < -0.4 is 11.1 Å². The van der Waals surface area contributed by atoms with E-state index in [4.69, 9.17) is 5.73 Å². The van der Waals surface area contributed by atoms with Crippen LogP contribution >= 0.6 is 0 Å². The van der Waals surface area contributed by atoms with Crippen molar-refractivity contribution in [1.29, 1.82) is 0 Å². The van der Waals surface area contributed by atoms with E-state index in [2.05, 4.69) is 46.4 Å². The van der Waals surface area contributed by atoms with E-state index in [0.717, 1.165) is 37.9 Å². The molecule has 1 saturated heterocycles. The lowest BCUT2D eigenvalue weighted by atomic mass is 9.71. The van der Waals surface area contributed by atoms with Crippen LogP contribution in [-0.4, -0.2) is 39.2 Å². The number of piperidine rings is 1. The molecule has 0 radical (unpaired) electrons. The molecule has 0 saturated carbocycles. The first kappa shape index (κ1) is 17.1. The summed E-state index contributed by atoms with van der Waals surface area (Å²) in [4.78, 5) is 12.3. The number of nitrogens with two attached hydrogens (primary N) is 1. The molecule has 0 aliphatic carbocycles. The fourth-order valence-corrected chi connectivity index (χ4v) is 2.87. The molecule has 23 heavy (non-hydrogen) atoms. The average Bonchev–Trinajstić information content (AvgIpc) is 3.00. The molecule has 7 heteroatoms. The van der Waals surface area contributed by atoms with Gasteiger partial charge in [0.15, 0.2) is 5.82 Å². The highest BCUT2D eigenvalue weighted by Crippen LogP contribution is 2.38. The molecular formula is C16H24N6O. The van der Waals surface area contributed by atoms with Crippen molar-refractivity contribution in [2.24, 2.45) is 5.73 Å². The van der Waals surface area contributed by atoms with Crippen molar-refractivity contribution < 1.29 is 4.79 Å². The first-order valence-electron chi connectivity index (χ1n) is 7.89. The zero-order valence-electron chi connectivity index (χ0n) is 13.5. The summed E-state index contributed by atoms with van der Waals surface area (Å²) in [6.45, 7) is 7.72. The van der Waals surface area contributed by atoms with Gasteiger partial charge in [0.1, 0.15) is 6.54 Å². The van der Waals surface area contributed by atoms with Gasteiger partial charge in [0.25, 0.3) is 0 Å². The molecule has 1 aliphatic heterocycles. The molecule has 1 aliphatic rings. The maximum atomic E-state index is 11.0. The molecule has 2 heterocycles. The number of nitrogens with zero attached hydrogens (tertiary/aromatic N) is 4. The highest BCUT2D eigenvalue weighted by atomic mass is 16.1. The van der Waals surface area contributed by atoms with Crippen LogP contribution in [0.5, 0.6) is 0 Å². The molecule has 1 aromatic heterocycles. The second-order valence-corrected chi connectivity index (χ2v) is 5.60. The minimum absolute atomic E-state index is 0.0653. The fourth-order valence-electron chi connectivity index (χ4n) is 2.87. The Morgan fingerprint density at radius 3 is 2.83 bits per heavy atom. The van der Waals surface area contributed by atoms with E-state index in [1.807, 2.05) is 12.2 Å². The van der Waals surface area contributed by atoms with Crippen LogP contribution in [0.4, 0.5) is 0 Å². The Balaban J connectivity index is 2.40. The minimum Gasteiger partial charge on any atom is -0.368 e. The number of hydrogen-bond donors (Lipinski definition) is 2. The molecule has 124 valence electrons. The van der Waals surface area contributed by atoms with E-state index in [-0.39, 0.29) is 12.0 Å². The number of hydrogen-bond acceptors (Lipinski definition) is 5. The zero-order chi connectivity index (χ0) is 16.7. The monoisotopic (exact) mass is 316 g/mol. The van der Waals surface area contributed by atoms with Crippen molar-refractivity contribution in [3.8, 4) is 0 Å². The maximum absolute atomic E-state index is 11.0. The lowest BCUT2D eigenvalue weighted by molar-refractivity contribution is -0.118. The van der Waals surface area contributed by atoms with Gasteiger partial charge in [0.05, 0.1) is 5.41 Å². The van der Waals surface area contributed by atoms with Crippen LogP contribution in [0.1, 0.15) is 32.0 Å². The van der Waals surface area contributed by atoms with Crippen molar-refractivity contribution in [2.45, 2.75) is 38.1 Å². The number of rotatable bonds is 7. The Labute approximate surface area is 136 Å². The molecule has 0 spiro atoms. The van der Waals surface area contributed by atoms with Gasteiger partial charge in [-0.25, -0.2) is 0 Å². The van der Waals surface area contributed by atoms with Crippen LogP contribution in [0, 0.1) is 0 Å². The number of tetrazole rings is 1. The number of carbonyl (C=O) groups is 1. The van der Waals surface area contributed by atoms with Gasteiger partial charge >= 0.3 is 0 Å². The third-order valence-electron chi connectivity index (χ3n) is 4.06. The average molecular weight is 316 g/mol. The van der Waals surface area contributed by atoms with Crippen LogP contribution in [0.15, 0.2) is 36.5 Å². The van der Waals surface area contributed by atoms with Crippen molar-refractivity contribution in [1.82, 2.24) is 25.5 Å². The number of aromatic nitrogens is 4. The number of primary amides is 1. The molecule has 3 N–H and O–H groups in total. The third kappa shape index (κ3) is 3.92. The standard InChI is InChI=1S/C16H24N6O/c1-3-5-6-7-13(4-2)16(8-10-18-11-9-16)15-19-21-22(20-15)12-14(17)23/h4-7,18H,2-3,8-12H2,1H3,(H2,17,23)/b6-5-,13-7+. The summed E-state index contributed by atoms with van der Waals surface area (Å²) in [7, 11) is 0. The van der Waals surface area contributed by atoms with Crippen molar-refractivity contribution in [3.05, 3.63) is 42.3 Å². The third-order valence-corrected chi connectivity index (χ3v) is 4.06. The topological polar surface area (TPSA) is 98.7 Å². The van der Waals surface area contributed by atoms with E-state index in [1.165, 1.54) is 4.80 Å². The largest absolute Gasteiger partial charge is 0.368 e. The molecule has 7 nitrogen and oxygen atoms in total. The number of carbonyl (C=O) groups excluding carboxylic acids is 1. The molecule has 0 aromatic carbocycles. The minimum atomic E-state index is -0.487. The van der Waals surface area contributed by atoms with Crippen LogP contribution in [-0.2, 0) is 16.8 Å². The number of amides is 1. The first-order chi connectivity index (χ1) is 11.1. The molecule has 0 unspecified atom stereocenters. The van der Waals surface area contributed by atoms with E-state index in [0.29, 0.717) is 5.82 Å². The van der Waals surface area contributed by atoms with Gasteiger partial charge in [0, 0.05) is 0 Å². The summed E-state index contributed by atoms with van der Waals surface area (Å²) in [5.41, 5.74) is 5.94. The van der Waals surface area contributed by atoms with Gasteiger partial charge in [-0.2, -0.15) is 4.80 Å². The van der Waals surface area contributed by atoms with Gasteiger partial charge in [-0.05, 0) is 43.1 Å². The summed E-state index contributed by atoms with van der Waals surface area (Å²) in [6, 6.07) is 0. The normalized spacial score (nSPS) is 18.2. The number of nitrogens with one attached hydrogen (secondary N) is 1. The molecule has 2 rings (SSSR count). The molecule has 1 amide bonds. The molecule has 0 bridgehead atoms. The Morgan fingerprint density at radius 1 is 1.48 bits per heavy atom. The van der Waals surface area contributed by atoms with Gasteiger partial charge in [0.2, 0.25) is 5.91 Å². The van der Waals surface area contributed by atoms with Crippen molar-refractivity contribution in [3.63, 3.8) is 0 Å². The van der Waals surface area contributed by atoms with Crippen molar-refractivity contribution in [2.75, 3.05) is 13.1 Å². The van der Waals surface area contributed by atoms with E-state index in [1.54, 1.807) is 0 Å². The van der Waals surface area contributed by atoms with E-state index in [9.17, 15) is 4.79 Å².